The van der Waals surface area contributed by atoms with Crippen LogP contribution in [-0.2, 0) is 0 Å². The lowest BCUT2D eigenvalue weighted by Crippen LogP contribution is -2.02. The number of rotatable bonds is 3. The van der Waals surface area contributed by atoms with Crippen molar-refractivity contribution in [3.8, 4) is 5.75 Å². The van der Waals surface area contributed by atoms with Crippen LogP contribution in [-0.4, -0.2) is 18.8 Å². The lowest BCUT2D eigenvalue weighted by atomic mass is 9.99. The average molecular weight is 180 g/mol. The van der Waals surface area contributed by atoms with E-state index in [1.54, 1.807) is 7.11 Å². The van der Waals surface area contributed by atoms with Gasteiger partial charge in [0.05, 0.1) is 7.11 Å². The average Bonchev–Trinajstić information content (AvgIpc) is 2.16. The Hall–Kier alpha value is -1.02. The summed E-state index contributed by atoms with van der Waals surface area (Å²) in [5.41, 5.74) is 2.26. The molecule has 2 heteroatoms. The maximum Gasteiger partial charge on any atom is 0.122 e. The lowest BCUT2D eigenvalue weighted by Gasteiger charge is -2.13. The van der Waals surface area contributed by atoms with Crippen LogP contribution in [0.2, 0.25) is 0 Å². The van der Waals surface area contributed by atoms with Gasteiger partial charge in [0, 0.05) is 12.5 Å². The Labute approximate surface area is 79.2 Å². The van der Waals surface area contributed by atoms with E-state index < -0.39 is 0 Å². The van der Waals surface area contributed by atoms with E-state index in [0.717, 1.165) is 11.3 Å². The van der Waals surface area contributed by atoms with Crippen LogP contribution >= 0.6 is 0 Å². The molecule has 0 aromatic heterocycles. The van der Waals surface area contributed by atoms with Gasteiger partial charge in [0.1, 0.15) is 5.75 Å². The largest absolute Gasteiger partial charge is 0.496 e. The SMILES string of the molecule is COc1ccc(C)cc1C(C)CO. The molecule has 13 heavy (non-hydrogen) atoms. The van der Waals surface area contributed by atoms with Crippen molar-refractivity contribution in [3.05, 3.63) is 29.3 Å². The summed E-state index contributed by atoms with van der Waals surface area (Å²) in [5.74, 6) is 0.988. The van der Waals surface area contributed by atoms with Crippen LogP contribution in [0.4, 0.5) is 0 Å². The molecule has 0 bridgehead atoms. The minimum absolute atomic E-state index is 0.134. The first-order valence-corrected chi connectivity index (χ1v) is 4.44. The fraction of sp³-hybridized carbons (Fsp3) is 0.455. The van der Waals surface area contributed by atoms with Crippen molar-refractivity contribution in [2.24, 2.45) is 0 Å². The van der Waals surface area contributed by atoms with Crippen molar-refractivity contribution in [1.29, 1.82) is 0 Å². The summed E-state index contributed by atoms with van der Waals surface area (Å²) < 4.78 is 5.21. The van der Waals surface area contributed by atoms with Gasteiger partial charge in [0.25, 0.3) is 0 Å². The van der Waals surface area contributed by atoms with E-state index in [1.165, 1.54) is 5.56 Å². The molecule has 1 atom stereocenters. The second kappa shape index (κ2) is 4.28. The fourth-order valence-corrected chi connectivity index (χ4v) is 1.34. The first-order chi connectivity index (χ1) is 6.19. The van der Waals surface area contributed by atoms with Crippen molar-refractivity contribution >= 4 is 0 Å². The van der Waals surface area contributed by atoms with Gasteiger partial charge in [-0.2, -0.15) is 0 Å². The Kier molecular flexibility index (Phi) is 3.32. The number of hydrogen-bond acceptors (Lipinski definition) is 2. The first kappa shape index (κ1) is 10.1. The van der Waals surface area contributed by atoms with Crippen molar-refractivity contribution in [2.45, 2.75) is 19.8 Å². The summed E-state index contributed by atoms with van der Waals surface area (Å²) in [4.78, 5) is 0. The van der Waals surface area contributed by atoms with Gasteiger partial charge in [0.15, 0.2) is 0 Å². The van der Waals surface area contributed by atoms with Crippen molar-refractivity contribution < 1.29 is 9.84 Å². The molecule has 0 fully saturated rings. The van der Waals surface area contributed by atoms with E-state index in [9.17, 15) is 0 Å². The van der Waals surface area contributed by atoms with Crippen LogP contribution < -0.4 is 4.74 Å². The first-order valence-electron chi connectivity index (χ1n) is 4.44. The molecule has 0 aliphatic rings. The van der Waals surface area contributed by atoms with Crippen LogP contribution in [0, 0.1) is 6.92 Å². The highest BCUT2D eigenvalue weighted by Crippen LogP contribution is 2.26. The lowest BCUT2D eigenvalue weighted by molar-refractivity contribution is 0.269. The molecule has 0 saturated carbocycles. The Bertz CT molecular complexity index is 281. The third kappa shape index (κ3) is 2.22. The minimum Gasteiger partial charge on any atom is -0.496 e. The number of methoxy groups -OCH3 is 1. The van der Waals surface area contributed by atoms with Crippen molar-refractivity contribution in [1.82, 2.24) is 0 Å². The Morgan fingerprint density at radius 2 is 2.15 bits per heavy atom. The molecular formula is C11H16O2. The predicted octanol–water partition coefficient (Wildman–Crippen LogP) is 2.10. The molecule has 0 aliphatic carbocycles. The monoisotopic (exact) mass is 180 g/mol. The van der Waals surface area contributed by atoms with E-state index >= 15 is 0 Å². The summed E-state index contributed by atoms with van der Waals surface area (Å²) >= 11 is 0. The normalized spacial score (nSPS) is 12.6. The number of aliphatic hydroxyl groups is 1. The standard InChI is InChI=1S/C11H16O2/c1-8-4-5-11(13-3)10(6-8)9(2)7-12/h4-6,9,12H,7H2,1-3H3. The van der Waals surface area contributed by atoms with Crippen molar-refractivity contribution in [3.63, 3.8) is 0 Å². The topological polar surface area (TPSA) is 29.5 Å². The molecule has 0 radical (unpaired) electrons. The maximum atomic E-state index is 9.04. The van der Waals surface area contributed by atoms with Crippen LogP contribution in [0.3, 0.4) is 0 Å². The van der Waals surface area contributed by atoms with E-state index in [-0.39, 0.29) is 12.5 Å². The van der Waals surface area contributed by atoms with E-state index in [4.69, 9.17) is 9.84 Å². The summed E-state index contributed by atoms with van der Waals surface area (Å²) in [6, 6.07) is 6.00. The van der Waals surface area contributed by atoms with Gasteiger partial charge in [-0.05, 0) is 18.6 Å². The molecule has 1 rings (SSSR count). The van der Waals surface area contributed by atoms with Gasteiger partial charge >= 0.3 is 0 Å². The molecular weight excluding hydrogens is 164 g/mol. The number of ether oxygens (including phenoxy) is 1. The highest BCUT2D eigenvalue weighted by molar-refractivity contribution is 5.39. The van der Waals surface area contributed by atoms with E-state index in [2.05, 4.69) is 6.07 Å². The quantitative estimate of drug-likeness (QED) is 0.771. The smallest absolute Gasteiger partial charge is 0.122 e. The molecule has 1 unspecified atom stereocenters. The minimum atomic E-state index is 0.134. The summed E-state index contributed by atoms with van der Waals surface area (Å²) in [7, 11) is 1.65. The van der Waals surface area contributed by atoms with Gasteiger partial charge in [-0.25, -0.2) is 0 Å². The van der Waals surface area contributed by atoms with Gasteiger partial charge in [-0.15, -0.1) is 0 Å². The maximum absolute atomic E-state index is 9.04. The highest BCUT2D eigenvalue weighted by Gasteiger charge is 2.09. The van der Waals surface area contributed by atoms with Crippen LogP contribution in [0.1, 0.15) is 24.0 Å². The van der Waals surface area contributed by atoms with Crippen LogP contribution in [0.5, 0.6) is 5.75 Å². The number of hydrogen-bond donors (Lipinski definition) is 1. The molecule has 72 valence electrons. The molecule has 1 N–H and O–H groups in total. The predicted molar refractivity (Wildman–Crippen MR) is 53.2 cm³/mol. The molecule has 2 nitrogen and oxygen atoms in total. The Morgan fingerprint density at radius 3 is 2.69 bits per heavy atom. The van der Waals surface area contributed by atoms with Gasteiger partial charge < -0.3 is 9.84 Å². The Balaban J connectivity index is 3.07. The summed E-state index contributed by atoms with van der Waals surface area (Å²) in [5, 5.41) is 9.04. The second-order valence-corrected chi connectivity index (χ2v) is 3.33. The van der Waals surface area contributed by atoms with E-state index in [1.807, 2.05) is 26.0 Å². The molecule has 1 aromatic carbocycles. The van der Waals surface area contributed by atoms with Gasteiger partial charge in [0.2, 0.25) is 0 Å². The number of aryl methyl sites for hydroxylation is 1. The molecule has 0 saturated heterocycles. The van der Waals surface area contributed by atoms with Crippen LogP contribution in [0.15, 0.2) is 18.2 Å². The summed E-state index contributed by atoms with van der Waals surface area (Å²) in [6.45, 7) is 4.17. The number of benzene rings is 1. The Morgan fingerprint density at radius 1 is 1.46 bits per heavy atom. The zero-order chi connectivity index (χ0) is 9.84. The fourth-order valence-electron chi connectivity index (χ4n) is 1.34. The van der Waals surface area contributed by atoms with Crippen molar-refractivity contribution in [2.75, 3.05) is 13.7 Å². The zero-order valence-electron chi connectivity index (χ0n) is 8.37. The number of aliphatic hydroxyl groups excluding tert-OH is 1. The summed E-state index contributed by atoms with van der Waals surface area (Å²) in [6.07, 6.45) is 0. The zero-order valence-corrected chi connectivity index (χ0v) is 8.37. The molecule has 0 aliphatic heterocycles. The van der Waals surface area contributed by atoms with Crippen LogP contribution in [0.25, 0.3) is 0 Å². The third-order valence-corrected chi connectivity index (χ3v) is 2.19. The highest BCUT2D eigenvalue weighted by atomic mass is 16.5. The van der Waals surface area contributed by atoms with Gasteiger partial charge in [-0.1, -0.05) is 24.6 Å². The molecule has 1 aromatic rings. The molecule has 0 amide bonds. The van der Waals surface area contributed by atoms with E-state index in [0.29, 0.717) is 0 Å². The molecule has 0 heterocycles. The molecule has 0 spiro atoms. The second-order valence-electron chi connectivity index (χ2n) is 3.33. The van der Waals surface area contributed by atoms with Gasteiger partial charge in [-0.3, -0.25) is 0 Å². The third-order valence-electron chi connectivity index (χ3n) is 2.19.